The maximum Gasteiger partial charge on any atom is 0.417 e. The molecule has 3 saturated heterocycles. The minimum absolute atomic E-state index is 0.354. The summed E-state index contributed by atoms with van der Waals surface area (Å²) in [4.78, 5) is 4.07. The van der Waals surface area contributed by atoms with Crippen molar-refractivity contribution in [3.63, 3.8) is 0 Å². The molecule has 1 N–H and O–H groups in total. The van der Waals surface area contributed by atoms with Gasteiger partial charge in [0.2, 0.25) is 0 Å². The van der Waals surface area contributed by atoms with Crippen molar-refractivity contribution in [2.75, 3.05) is 7.05 Å². The van der Waals surface area contributed by atoms with E-state index in [1.165, 1.54) is 36.0 Å². The Morgan fingerprint density at radius 3 is 2.50 bits per heavy atom. The van der Waals surface area contributed by atoms with E-state index in [2.05, 4.69) is 10.3 Å². The number of alkyl halides is 3. The third-order valence-electron chi connectivity index (χ3n) is 5.11. The average molecular weight is 450 g/mol. The summed E-state index contributed by atoms with van der Waals surface area (Å²) < 4.78 is 78.0. The van der Waals surface area contributed by atoms with E-state index < -0.39 is 53.7 Å². The number of aliphatic imine (C=N–C) groups is 1. The minimum Gasteiger partial charge on any atom is -0.361 e. The van der Waals surface area contributed by atoms with Gasteiger partial charge in [-0.1, -0.05) is 23.9 Å². The lowest BCUT2D eigenvalue weighted by atomic mass is 9.94. The maximum atomic E-state index is 14.0. The van der Waals surface area contributed by atoms with Gasteiger partial charge in [-0.15, -0.1) is 0 Å². The van der Waals surface area contributed by atoms with E-state index in [0.29, 0.717) is 10.7 Å². The normalized spacial score (nSPS) is 35.0. The highest BCUT2D eigenvalue weighted by molar-refractivity contribution is 8.14. The quantitative estimate of drug-likeness (QED) is 0.711. The van der Waals surface area contributed by atoms with Gasteiger partial charge in [0.1, 0.15) is 29.6 Å². The molecular formula is C19H22F4N2O4S. The fourth-order valence-corrected chi connectivity index (χ4v) is 4.94. The van der Waals surface area contributed by atoms with Crippen molar-refractivity contribution < 1.29 is 36.5 Å². The van der Waals surface area contributed by atoms with E-state index >= 15 is 0 Å². The first-order valence-corrected chi connectivity index (χ1v) is 10.3. The van der Waals surface area contributed by atoms with Crippen LogP contribution >= 0.6 is 11.8 Å². The summed E-state index contributed by atoms with van der Waals surface area (Å²) in [6, 6.07) is 4.69. The SMILES string of the molecule is CN=C1N[C@@H]2[C@H]3OC(C)(C)O[C@@H]3[C@@H]([C@@H](OCc3ccc(F)cc3)C(F)(F)F)O[C@@H]2S1. The highest BCUT2D eigenvalue weighted by atomic mass is 32.2. The summed E-state index contributed by atoms with van der Waals surface area (Å²) in [5.74, 6) is -1.55. The second-order valence-electron chi connectivity index (χ2n) is 7.75. The van der Waals surface area contributed by atoms with Gasteiger partial charge < -0.3 is 24.3 Å². The molecule has 3 fully saturated rings. The van der Waals surface area contributed by atoms with Gasteiger partial charge in [-0.05, 0) is 31.5 Å². The molecule has 1 aromatic carbocycles. The Balaban J connectivity index is 1.59. The van der Waals surface area contributed by atoms with Gasteiger partial charge in [0.15, 0.2) is 17.1 Å². The zero-order valence-corrected chi connectivity index (χ0v) is 17.3. The van der Waals surface area contributed by atoms with Crippen LogP contribution in [-0.4, -0.2) is 60.1 Å². The van der Waals surface area contributed by atoms with Crippen molar-refractivity contribution in [3.05, 3.63) is 35.6 Å². The lowest BCUT2D eigenvalue weighted by molar-refractivity contribution is -0.281. The standard InChI is InChI=1S/C19H22F4N2O4S/c1-18(2)28-12-11-16(30-17(24-3)25-11)27-14(13(12)29-18)15(19(21,22)23)26-8-9-4-6-10(20)7-5-9/h4-7,11-16H,8H2,1-3H3,(H,24,25)/t11-,12-,13+,14+,15-,16-/m1/s1. The van der Waals surface area contributed by atoms with Crippen LogP contribution in [0.3, 0.4) is 0 Å². The number of nitrogens with one attached hydrogen (secondary N) is 1. The molecule has 0 unspecified atom stereocenters. The van der Waals surface area contributed by atoms with Crippen LogP contribution in [0.25, 0.3) is 0 Å². The van der Waals surface area contributed by atoms with Crippen molar-refractivity contribution in [2.24, 2.45) is 4.99 Å². The molecule has 1 aromatic rings. The minimum atomic E-state index is -4.71. The van der Waals surface area contributed by atoms with Gasteiger partial charge in [0.05, 0.1) is 12.6 Å². The first kappa shape index (κ1) is 21.8. The number of fused-ring (bicyclic) bond motifs is 3. The highest BCUT2D eigenvalue weighted by Crippen LogP contribution is 2.45. The molecule has 0 aromatic heterocycles. The molecule has 0 bridgehead atoms. The molecule has 0 radical (unpaired) electrons. The number of nitrogens with zero attached hydrogens (tertiary/aromatic N) is 1. The molecule has 6 atom stereocenters. The number of benzene rings is 1. The zero-order valence-electron chi connectivity index (χ0n) is 16.5. The Morgan fingerprint density at radius 1 is 1.20 bits per heavy atom. The summed E-state index contributed by atoms with van der Waals surface area (Å²) in [6.07, 6.45) is -10.1. The molecule has 11 heteroatoms. The van der Waals surface area contributed by atoms with Crippen LogP contribution < -0.4 is 5.32 Å². The molecule has 3 aliphatic heterocycles. The number of amidine groups is 1. The van der Waals surface area contributed by atoms with Crippen LogP contribution in [0.4, 0.5) is 17.6 Å². The number of rotatable bonds is 4. The summed E-state index contributed by atoms with van der Waals surface area (Å²) >= 11 is 1.21. The summed E-state index contributed by atoms with van der Waals surface area (Å²) in [7, 11) is 1.59. The summed E-state index contributed by atoms with van der Waals surface area (Å²) in [5, 5.41) is 3.70. The average Bonchev–Trinajstić information content (AvgIpc) is 3.21. The molecule has 166 valence electrons. The second kappa shape index (κ2) is 7.94. The van der Waals surface area contributed by atoms with E-state index in [9.17, 15) is 17.6 Å². The van der Waals surface area contributed by atoms with Gasteiger partial charge in [0.25, 0.3) is 0 Å². The topological polar surface area (TPSA) is 61.3 Å². The molecule has 0 amide bonds. The Kier molecular flexibility index (Phi) is 5.77. The van der Waals surface area contributed by atoms with E-state index in [-0.39, 0.29) is 6.61 Å². The Morgan fingerprint density at radius 2 is 1.87 bits per heavy atom. The van der Waals surface area contributed by atoms with Gasteiger partial charge >= 0.3 is 6.18 Å². The zero-order chi connectivity index (χ0) is 21.7. The maximum absolute atomic E-state index is 14.0. The van der Waals surface area contributed by atoms with E-state index in [1.54, 1.807) is 20.9 Å². The molecule has 3 heterocycles. The molecule has 4 rings (SSSR count). The Labute approximate surface area is 175 Å². The monoisotopic (exact) mass is 450 g/mol. The van der Waals surface area contributed by atoms with Gasteiger partial charge in [0, 0.05) is 7.05 Å². The van der Waals surface area contributed by atoms with Crippen molar-refractivity contribution in [3.8, 4) is 0 Å². The third kappa shape index (κ3) is 4.31. The predicted molar refractivity (Wildman–Crippen MR) is 101 cm³/mol. The second-order valence-corrected chi connectivity index (χ2v) is 8.84. The molecule has 0 aliphatic carbocycles. The van der Waals surface area contributed by atoms with Crippen molar-refractivity contribution >= 4 is 16.9 Å². The number of ether oxygens (including phenoxy) is 4. The molecule has 3 aliphatic rings. The number of hydrogen-bond acceptors (Lipinski definition) is 6. The molecule has 30 heavy (non-hydrogen) atoms. The summed E-state index contributed by atoms with van der Waals surface area (Å²) in [5.41, 5.74) is -0.219. The van der Waals surface area contributed by atoms with Crippen molar-refractivity contribution in [2.45, 2.75) is 68.3 Å². The molecule has 0 saturated carbocycles. The van der Waals surface area contributed by atoms with Crippen LogP contribution in [0.15, 0.2) is 29.3 Å². The van der Waals surface area contributed by atoms with Crippen LogP contribution in [0.5, 0.6) is 0 Å². The van der Waals surface area contributed by atoms with E-state index in [0.717, 1.165) is 0 Å². The summed E-state index contributed by atoms with van der Waals surface area (Å²) in [6.45, 7) is 2.94. The van der Waals surface area contributed by atoms with Crippen LogP contribution in [-0.2, 0) is 25.6 Å². The third-order valence-corrected chi connectivity index (χ3v) is 6.27. The van der Waals surface area contributed by atoms with Crippen molar-refractivity contribution in [1.29, 1.82) is 0 Å². The first-order chi connectivity index (χ1) is 14.1. The van der Waals surface area contributed by atoms with E-state index in [1.807, 2.05) is 0 Å². The van der Waals surface area contributed by atoms with Gasteiger partial charge in [-0.2, -0.15) is 13.2 Å². The van der Waals surface area contributed by atoms with Crippen LogP contribution in [0, 0.1) is 5.82 Å². The largest absolute Gasteiger partial charge is 0.417 e. The van der Waals surface area contributed by atoms with Crippen LogP contribution in [0.1, 0.15) is 19.4 Å². The number of hydrogen-bond donors (Lipinski definition) is 1. The van der Waals surface area contributed by atoms with Crippen LogP contribution in [0.2, 0.25) is 0 Å². The molecular weight excluding hydrogens is 428 g/mol. The fourth-order valence-electron chi connectivity index (χ4n) is 3.86. The number of halogens is 4. The van der Waals surface area contributed by atoms with E-state index in [4.69, 9.17) is 18.9 Å². The fraction of sp³-hybridized carbons (Fsp3) is 0.632. The number of thioether (sulfide) groups is 1. The van der Waals surface area contributed by atoms with Crippen molar-refractivity contribution in [1.82, 2.24) is 5.32 Å². The molecule has 6 nitrogen and oxygen atoms in total. The Hall–Kier alpha value is -1.40. The lowest BCUT2D eigenvalue weighted by Crippen LogP contribution is -2.62. The lowest BCUT2D eigenvalue weighted by Gasteiger charge is -2.41. The molecule has 0 spiro atoms. The first-order valence-electron chi connectivity index (χ1n) is 9.41. The van der Waals surface area contributed by atoms with Gasteiger partial charge in [-0.3, -0.25) is 4.99 Å². The van der Waals surface area contributed by atoms with Gasteiger partial charge in [-0.25, -0.2) is 4.39 Å². The Bertz CT molecular complexity index is 805. The highest BCUT2D eigenvalue weighted by Gasteiger charge is 2.63. The predicted octanol–water partition coefficient (Wildman–Crippen LogP) is 3.21. The smallest absolute Gasteiger partial charge is 0.361 e.